The Kier molecular flexibility index (Phi) is 7.88. The number of aryl methyl sites for hydroxylation is 1. The molecule has 2 rings (SSSR count). The average molecular weight is 401 g/mol. The van der Waals surface area contributed by atoms with Gasteiger partial charge in [0.2, 0.25) is 0 Å². The van der Waals surface area contributed by atoms with Crippen LogP contribution < -0.4 is 5.43 Å². The van der Waals surface area contributed by atoms with E-state index < -0.39 is 4.92 Å². The number of hydrogen-bond acceptors (Lipinski definition) is 9. The van der Waals surface area contributed by atoms with Gasteiger partial charge in [-0.25, -0.2) is 4.98 Å². The number of thioether (sulfide) groups is 1. The van der Waals surface area contributed by atoms with E-state index in [0.717, 1.165) is 0 Å². The van der Waals surface area contributed by atoms with Gasteiger partial charge in [-0.05, 0) is 19.1 Å². The monoisotopic (exact) mass is 401 g/mol. The van der Waals surface area contributed by atoms with Gasteiger partial charge in [0.15, 0.2) is 5.82 Å². The molecule has 0 aliphatic carbocycles. The number of aliphatic hydroxyl groups excluding tert-OH is 1. The van der Waals surface area contributed by atoms with Gasteiger partial charge < -0.3 is 9.84 Å². The van der Waals surface area contributed by atoms with Crippen LogP contribution in [0.1, 0.15) is 22.4 Å². The van der Waals surface area contributed by atoms with Crippen molar-refractivity contribution in [1.29, 1.82) is 5.26 Å². The van der Waals surface area contributed by atoms with E-state index >= 15 is 0 Å². The van der Waals surface area contributed by atoms with Crippen molar-refractivity contribution in [2.75, 3.05) is 24.9 Å². The third kappa shape index (κ3) is 5.50. The van der Waals surface area contributed by atoms with Crippen LogP contribution in [0.3, 0.4) is 0 Å². The summed E-state index contributed by atoms with van der Waals surface area (Å²) in [5.41, 5.74) is 4.89. The minimum Gasteiger partial charge on any atom is -0.396 e. The first-order chi connectivity index (χ1) is 13.5. The van der Waals surface area contributed by atoms with E-state index in [9.17, 15) is 15.4 Å². The average Bonchev–Trinajstić information content (AvgIpc) is 2.67. The third-order valence-electron chi connectivity index (χ3n) is 3.55. The number of nitriles is 1. The van der Waals surface area contributed by atoms with Gasteiger partial charge in [-0.2, -0.15) is 10.4 Å². The van der Waals surface area contributed by atoms with Gasteiger partial charge in [-0.1, -0.05) is 6.07 Å². The summed E-state index contributed by atoms with van der Waals surface area (Å²) < 4.78 is 5.10. The molecule has 146 valence electrons. The van der Waals surface area contributed by atoms with Crippen LogP contribution >= 0.6 is 11.8 Å². The van der Waals surface area contributed by atoms with Crippen molar-refractivity contribution in [1.82, 2.24) is 4.98 Å². The summed E-state index contributed by atoms with van der Waals surface area (Å²) in [6, 6.07) is 8.55. The molecule has 0 atom stereocenters. The molecule has 0 radical (unpaired) electrons. The Morgan fingerprint density at radius 3 is 2.93 bits per heavy atom. The molecule has 0 saturated carbocycles. The SMILES string of the molecule is COCc1cc(C)nc(N/N=C/c2ccc(SCCO)c([N+](=O)[O-])c2)c1C#N. The first-order valence-corrected chi connectivity index (χ1v) is 9.19. The Labute approximate surface area is 166 Å². The van der Waals surface area contributed by atoms with Gasteiger partial charge in [-0.15, -0.1) is 11.8 Å². The zero-order valence-electron chi connectivity index (χ0n) is 15.4. The third-order valence-corrected chi connectivity index (χ3v) is 4.60. The fraction of sp³-hybridized carbons (Fsp3) is 0.278. The van der Waals surface area contributed by atoms with E-state index in [4.69, 9.17) is 9.84 Å². The van der Waals surface area contributed by atoms with Crippen LogP contribution in [0.5, 0.6) is 0 Å². The summed E-state index contributed by atoms with van der Waals surface area (Å²) in [7, 11) is 1.54. The lowest BCUT2D eigenvalue weighted by Gasteiger charge is -2.09. The van der Waals surface area contributed by atoms with Crippen LogP contribution in [-0.2, 0) is 11.3 Å². The molecule has 1 aromatic carbocycles. The normalized spacial score (nSPS) is 10.8. The summed E-state index contributed by atoms with van der Waals surface area (Å²) in [4.78, 5) is 15.5. The predicted molar refractivity (Wildman–Crippen MR) is 107 cm³/mol. The van der Waals surface area contributed by atoms with E-state index in [-0.39, 0.29) is 24.7 Å². The van der Waals surface area contributed by atoms with Crippen molar-refractivity contribution < 1.29 is 14.8 Å². The Balaban J connectivity index is 2.24. The molecule has 0 saturated heterocycles. The standard InChI is InChI=1S/C18H19N5O4S/c1-12-7-14(11-27-2)15(9-19)18(21-12)22-20-10-13-3-4-17(28-6-5-24)16(8-13)23(25)26/h3-4,7-8,10,24H,5-6,11H2,1-2H3,(H,21,22)/b20-10+. The molecular formula is C18H19N5O4S. The predicted octanol–water partition coefficient (Wildman–Crippen LogP) is 2.85. The molecule has 0 unspecified atom stereocenters. The molecule has 1 heterocycles. The topological polar surface area (TPSA) is 134 Å². The molecule has 0 fully saturated rings. The number of aromatic nitrogens is 1. The molecule has 0 aliphatic rings. The fourth-order valence-corrected chi connectivity index (χ4v) is 3.18. The Morgan fingerprint density at radius 1 is 1.50 bits per heavy atom. The molecule has 10 heteroatoms. The molecule has 0 amide bonds. The van der Waals surface area contributed by atoms with Crippen molar-refractivity contribution in [3.8, 4) is 6.07 Å². The van der Waals surface area contributed by atoms with Gasteiger partial charge in [-0.3, -0.25) is 15.5 Å². The smallest absolute Gasteiger partial charge is 0.283 e. The van der Waals surface area contributed by atoms with E-state index in [1.165, 1.54) is 31.2 Å². The largest absolute Gasteiger partial charge is 0.396 e. The number of rotatable bonds is 9. The number of nitro benzene ring substituents is 1. The second-order valence-corrected chi connectivity index (χ2v) is 6.75. The van der Waals surface area contributed by atoms with E-state index in [1.807, 2.05) is 0 Å². The summed E-state index contributed by atoms with van der Waals surface area (Å²) in [5, 5.41) is 33.6. The summed E-state index contributed by atoms with van der Waals surface area (Å²) in [6.07, 6.45) is 1.41. The van der Waals surface area contributed by atoms with E-state index in [0.29, 0.717) is 33.0 Å². The number of nitro groups is 1. The number of hydrazone groups is 1. The van der Waals surface area contributed by atoms with Gasteiger partial charge in [0.05, 0.1) is 29.2 Å². The van der Waals surface area contributed by atoms with Crippen LogP contribution in [0.15, 0.2) is 34.3 Å². The maximum atomic E-state index is 11.3. The number of nitrogens with one attached hydrogen (secondary N) is 1. The number of anilines is 1. The van der Waals surface area contributed by atoms with Crippen LogP contribution in [0.2, 0.25) is 0 Å². The van der Waals surface area contributed by atoms with Gasteiger partial charge in [0.25, 0.3) is 5.69 Å². The first kappa shape index (κ1) is 21.3. The molecular weight excluding hydrogens is 382 g/mol. The minimum atomic E-state index is -0.475. The van der Waals surface area contributed by atoms with Crippen molar-refractivity contribution in [2.45, 2.75) is 18.4 Å². The fourth-order valence-electron chi connectivity index (χ4n) is 2.42. The minimum absolute atomic E-state index is 0.0591. The molecule has 1 aromatic heterocycles. The molecule has 2 aromatic rings. The van der Waals surface area contributed by atoms with Crippen LogP contribution in [-0.4, -0.2) is 40.7 Å². The molecule has 2 N–H and O–H groups in total. The maximum Gasteiger partial charge on any atom is 0.283 e. The van der Waals surface area contributed by atoms with Crippen LogP contribution in [0, 0.1) is 28.4 Å². The second-order valence-electron chi connectivity index (χ2n) is 5.62. The highest BCUT2D eigenvalue weighted by Gasteiger charge is 2.15. The first-order valence-electron chi connectivity index (χ1n) is 8.20. The van der Waals surface area contributed by atoms with E-state index in [1.54, 1.807) is 25.1 Å². The summed E-state index contributed by atoms with van der Waals surface area (Å²) in [5.74, 6) is 0.658. The van der Waals surface area contributed by atoms with Crippen molar-refractivity contribution in [3.05, 3.63) is 56.8 Å². The van der Waals surface area contributed by atoms with Gasteiger partial charge >= 0.3 is 0 Å². The Morgan fingerprint density at radius 2 is 2.29 bits per heavy atom. The number of benzene rings is 1. The lowest BCUT2D eigenvalue weighted by atomic mass is 10.1. The number of aliphatic hydroxyl groups is 1. The Bertz CT molecular complexity index is 927. The molecule has 9 nitrogen and oxygen atoms in total. The summed E-state index contributed by atoms with van der Waals surface area (Å²) in [6.45, 7) is 2.00. The number of nitrogens with zero attached hydrogens (tertiary/aromatic N) is 4. The Hall–Kier alpha value is -3.00. The lowest BCUT2D eigenvalue weighted by Crippen LogP contribution is -2.03. The number of pyridine rings is 1. The maximum absolute atomic E-state index is 11.3. The van der Waals surface area contributed by atoms with Crippen LogP contribution in [0.4, 0.5) is 11.5 Å². The summed E-state index contributed by atoms with van der Waals surface area (Å²) >= 11 is 1.21. The highest BCUT2D eigenvalue weighted by atomic mass is 32.2. The van der Waals surface area contributed by atoms with Gasteiger partial charge in [0.1, 0.15) is 11.6 Å². The van der Waals surface area contributed by atoms with Gasteiger partial charge in [0, 0.05) is 35.7 Å². The molecule has 0 spiro atoms. The molecule has 0 aliphatic heterocycles. The highest BCUT2D eigenvalue weighted by molar-refractivity contribution is 7.99. The zero-order chi connectivity index (χ0) is 20.5. The molecule has 0 bridgehead atoms. The van der Waals surface area contributed by atoms with Crippen LogP contribution in [0.25, 0.3) is 0 Å². The number of ether oxygens (including phenoxy) is 1. The second kappa shape index (κ2) is 10.4. The quantitative estimate of drug-likeness (QED) is 0.283. The van der Waals surface area contributed by atoms with Crippen molar-refractivity contribution in [3.63, 3.8) is 0 Å². The van der Waals surface area contributed by atoms with E-state index in [2.05, 4.69) is 21.6 Å². The zero-order valence-corrected chi connectivity index (χ0v) is 16.2. The lowest BCUT2D eigenvalue weighted by molar-refractivity contribution is -0.387. The van der Waals surface area contributed by atoms with Crippen molar-refractivity contribution in [2.24, 2.45) is 5.10 Å². The number of methoxy groups -OCH3 is 1. The highest BCUT2D eigenvalue weighted by Crippen LogP contribution is 2.29. The number of hydrogen-bond donors (Lipinski definition) is 2. The van der Waals surface area contributed by atoms with Crippen molar-refractivity contribution >= 4 is 29.5 Å². The molecule has 28 heavy (non-hydrogen) atoms.